The number of nitrogens with zero attached hydrogens (tertiary/aromatic N) is 3. The number of benzene rings is 1. The van der Waals surface area contributed by atoms with E-state index in [1.54, 1.807) is 19.5 Å². The average Bonchev–Trinajstić information content (AvgIpc) is 3.11. The first-order chi connectivity index (χ1) is 10.2. The summed E-state index contributed by atoms with van der Waals surface area (Å²) < 4.78 is 5.12. The number of hydrazone groups is 1. The zero-order valence-corrected chi connectivity index (χ0v) is 11.9. The number of rotatable bonds is 4. The molecule has 1 unspecified atom stereocenters. The second kappa shape index (κ2) is 5.40. The Bertz CT molecular complexity index is 661. The summed E-state index contributed by atoms with van der Waals surface area (Å²) in [5.41, 5.74) is 1.55. The molecule has 108 valence electrons. The lowest BCUT2D eigenvalue weighted by Gasteiger charge is -2.13. The van der Waals surface area contributed by atoms with Gasteiger partial charge in [0.05, 0.1) is 24.4 Å². The van der Waals surface area contributed by atoms with Gasteiger partial charge in [-0.15, -0.1) is 0 Å². The topological polar surface area (TPSA) is 70.6 Å². The number of amides is 1. The van der Waals surface area contributed by atoms with Gasteiger partial charge in [-0.1, -0.05) is 0 Å². The normalized spacial score (nSPS) is 18.0. The molecule has 1 aromatic heterocycles. The average molecular weight is 284 g/mol. The zero-order valence-electron chi connectivity index (χ0n) is 11.9. The highest BCUT2D eigenvalue weighted by atomic mass is 16.5. The van der Waals surface area contributed by atoms with Crippen molar-refractivity contribution >= 4 is 17.3 Å². The monoisotopic (exact) mass is 284 g/mol. The molecular weight excluding hydrogens is 268 g/mol. The molecule has 0 fully saturated rings. The SMILES string of the molecule is COc1ccc(N2N=C(Cc3ncc[nH]3)C(C)C2=O)cc1. The Morgan fingerprint density at radius 1 is 1.33 bits per heavy atom. The standard InChI is InChI=1S/C15H16N4O2/c1-10-13(9-14-16-7-8-17-14)18-19(15(10)20)11-3-5-12(21-2)6-4-11/h3-8,10H,9H2,1-2H3,(H,16,17). The van der Waals surface area contributed by atoms with Gasteiger partial charge in [-0.3, -0.25) is 4.79 Å². The molecule has 6 nitrogen and oxygen atoms in total. The first-order valence-corrected chi connectivity index (χ1v) is 6.72. The molecule has 1 aliphatic heterocycles. The lowest BCUT2D eigenvalue weighted by atomic mass is 10.0. The van der Waals surface area contributed by atoms with Gasteiger partial charge in [0, 0.05) is 18.8 Å². The Kier molecular flexibility index (Phi) is 3.43. The molecule has 0 saturated carbocycles. The third-order valence-electron chi connectivity index (χ3n) is 3.53. The van der Waals surface area contributed by atoms with Crippen molar-refractivity contribution < 1.29 is 9.53 Å². The van der Waals surface area contributed by atoms with Crippen molar-refractivity contribution in [3.63, 3.8) is 0 Å². The Morgan fingerprint density at radius 3 is 2.71 bits per heavy atom. The largest absolute Gasteiger partial charge is 0.497 e. The molecule has 3 rings (SSSR count). The molecule has 21 heavy (non-hydrogen) atoms. The summed E-state index contributed by atoms with van der Waals surface area (Å²) in [4.78, 5) is 19.6. The number of carbonyl (C=O) groups is 1. The van der Waals surface area contributed by atoms with Gasteiger partial charge in [0.15, 0.2) is 0 Å². The molecular formula is C15H16N4O2. The number of H-pyrrole nitrogens is 1. The van der Waals surface area contributed by atoms with Crippen molar-refractivity contribution in [2.75, 3.05) is 12.1 Å². The number of aromatic amines is 1. The number of aromatic nitrogens is 2. The van der Waals surface area contributed by atoms with Crippen LogP contribution in [0, 0.1) is 5.92 Å². The van der Waals surface area contributed by atoms with E-state index in [1.807, 2.05) is 31.2 Å². The fraction of sp³-hybridized carbons (Fsp3) is 0.267. The quantitative estimate of drug-likeness (QED) is 0.933. The smallest absolute Gasteiger partial charge is 0.255 e. The Labute approximate surface area is 122 Å². The van der Waals surface area contributed by atoms with E-state index in [4.69, 9.17) is 4.74 Å². The van der Waals surface area contributed by atoms with Crippen molar-refractivity contribution in [1.29, 1.82) is 0 Å². The molecule has 0 spiro atoms. The lowest BCUT2D eigenvalue weighted by molar-refractivity contribution is -0.119. The predicted octanol–water partition coefficient (Wildman–Crippen LogP) is 2.00. The summed E-state index contributed by atoms with van der Waals surface area (Å²) in [6.07, 6.45) is 4.00. The van der Waals surface area contributed by atoms with Crippen molar-refractivity contribution in [1.82, 2.24) is 9.97 Å². The molecule has 2 aromatic rings. The third kappa shape index (κ3) is 2.52. The van der Waals surface area contributed by atoms with Crippen molar-refractivity contribution in [2.45, 2.75) is 13.3 Å². The minimum absolute atomic E-state index is 0.0262. The van der Waals surface area contributed by atoms with E-state index < -0.39 is 0 Å². The molecule has 0 bridgehead atoms. The van der Waals surface area contributed by atoms with Crippen molar-refractivity contribution in [3.8, 4) is 5.75 Å². The van der Waals surface area contributed by atoms with Gasteiger partial charge in [0.2, 0.25) is 0 Å². The fourth-order valence-corrected chi connectivity index (χ4v) is 2.25. The van der Waals surface area contributed by atoms with E-state index in [-0.39, 0.29) is 11.8 Å². The van der Waals surface area contributed by atoms with E-state index in [1.165, 1.54) is 5.01 Å². The first-order valence-electron chi connectivity index (χ1n) is 6.72. The van der Waals surface area contributed by atoms with Crippen LogP contribution in [-0.4, -0.2) is 28.7 Å². The number of hydrogen-bond acceptors (Lipinski definition) is 4. The van der Waals surface area contributed by atoms with E-state index in [0.29, 0.717) is 6.42 Å². The fourth-order valence-electron chi connectivity index (χ4n) is 2.25. The summed E-state index contributed by atoms with van der Waals surface area (Å²) in [5, 5.41) is 5.90. The van der Waals surface area contributed by atoms with Gasteiger partial charge < -0.3 is 9.72 Å². The molecule has 1 aromatic carbocycles. The molecule has 0 aliphatic carbocycles. The highest BCUT2D eigenvalue weighted by Crippen LogP contribution is 2.26. The van der Waals surface area contributed by atoms with Crippen LogP contribution in [0.25, 0.3) is 0 Å². The van der Waals surface area contributed by atoms with Crippen LogP contribution in [0.15, 0.2) is 41.8 Å². The maximum absolute atomic E-state index is 12.3. The van der Waals surface area contributed by atoms with Gasteiger partial charge in [-0.25, -0.2) is 9.99 Å². The number of anilines is 1. The number of carbonyl (C=O) groups excluding carboxylic acids is 1. The summed E-state index contributed by atoms with van der Waals surface area (Å²) in [5.74, 6) is 1.29. The van der Waals surface area contributed by atoms with Crippen LogP contribution >= 0.6 is 0 Å². The van der Waals surface area contributed by atoms with Crippen molar-refractivity contribution in [3.05, 3.63) is 42.5 Å². The van der Waals surface area contributed by atoms with Crippen LogP contribution in [0.5, 0.6) is 5.75 Å². The Balaban J connectivity index is 1.84. The van der Waals surface area contributed by atoms with Crippen LogP contribution in [0.3, 0.4) is 0 Å². The lowest BCUT2D eigenvalue weighted by Crippen LogP contribution is -2.25. The molecule has 1 N–H and O–H groups in total. The highest BCUT2D eigenvalue weighted by Gasteiger charge is 2.33. The summed E-state index contributed by atoms with van der Waals surface area (Å²) in [6, 6.07) is 7.27. The van der Waals surface area contributed by atoms with E-state index >= 15 is 0 Å². The zero-order chi connectivity index (χ0) is 14.8. The van der Waals surface area contributed by atoms with Crippen LogP contribution in [0.2, 0.25) is 0 Å². The number of methoxy groups -OCH3 is 1. The minimum atomic E-state index is -0.239. The Hall–Kier alpha value is -2.63. The van der Waals surface area contributed by atoms with E-state index in [9.17, 15) is 4.79 Å². The number of imidazole rings is 1. The van der Waals surface area contributed by atoms with Crippen molar-refractivity contribution in [2.24, 2.45) is 11.0 Å². The third-order valence-corrected chi connectivity index (χ3v) is 3.53. The summed E-state index contributed by atoms with van der Waals surface area (Å²) in [6.45, 7) is 1.87. The number of hydrogen-bond donors (Lipinski definition) is 1. The maximum atomic E-state index is 12.3. The summed E-state index contributed by atoms with van der Waals surface area (Å²) >= 11 is 0. The summed E-state index contributed by atoms with van der Waals surface area (Å²) in [7, 11) is 1.61. The molecule has 0 radical (unpaired) electrons. The maximum Gasteiger partial charge on any atom is 0.255 e. The number of nitrogens with one attached hydrogen (secondary N) is 1. The van der Waals surface area contributed by atoms with Gasteiger partial charge >= 0.3 is 0 Å². The molecule has 0 saturated heterocycles. The second-order valence-corrected chi connectivity index (χ2v) is 4.87. The first kappa shape index (κ1) is 13.4. The number of ether oxygens (including phenoxy) is 1. The minimum Gasteiger partial charge on any atom is -0.497 e. The van der Waals surface area contributed by atoms with Gasteiger partial charge in [-0.05, 0) is 31.2 Å². The van der Waals surface area contributed by atoms with Gasteiger partial charge in [0.1, 0.15) is 11.6 Å². The predicted molar refractivity (Wildman–Crippen MR) is 79.4 cm³/mol. The molecule has 6 heteroatoms. The van der Waals surface area contributed by atoms with E-state index in [0.717, 1.165) is 23.0 Å². The van der Waals surface area contributed by atoms with E-state index in [2.05, 4.69) is 15.1 Å². The second-order valence-electron chi connectivity index (χ2n) is 4.87. The van der Waals surface area contributed by atoms with Gasteiger partial charge in [0.25, 0.3) is 5.91 Å². The van der Waals surface area contributed by atoms with Crippen LogP contribution in [-0.2, 0) is 11.2 Å². The van der Waals surface area contributed by atoms with Crippen LogP contribution in [0.4, 0.5) is 5.69 Å². The molecule has 1 atom stereocenters. The Morgan fingerprint density at radius 2 is 2.10 bits per heavy atom. The molecule has 2 heterocycles. The van der Waals surface area contributed by atoms with Crippen LogP contribution in [0.1, 0.15) is 12.7 Å². The highest BCUT2D eigenvalue weighted by molar-refractivity contribution is 6.15. The van der Waals surface area contributed by atoms with Gasteiger partial charge in [-0.2, -0.15) is 5.10 Å². The molecule has 1 aliphatic rings. The van der Waals surface area contributed by atoms with Crippen LogP contribution < -0.4 is 9.75 Å². The molecule has 1 amide bonds.